The van der Waals surface area contributed by atoms with Crippen LogP contribution >= 0.6 is 0 Å². The van der Waals surface area contributed by atoms with Crippen LogP contribution < -0.4 is 10.1 Å². The summed E-state index contributed by atoms with van der Waals surface area (Å²) in [4.78, 5) is 14.5. The van der Waals surface area contributed by atoms with Gasteiger partial charge in [-0.25, -0.2) is 0 Å². The molecule has 0 aliphatic carbocycles. The topological polar surface area (TPSA) is 41.6 Å². The number of hydrogen-bond acceptors (Lipinski definition) is 3. The Kier molecular flexibility index (Phi) is 6.35. The van der Waals surface area contributed by atoms with Crippen LogP contribution in [0.15, 0.2) is 18.2 Å². The van der Waals surface area contributed by atoms with Crippen molar-refractivity contribution >= 4 is 5.91 Å². The molecule has 138 valence electrons. The van der Waals surface area contributed by atoms with E-state index in [0.29, 0.717) is 12.3 Å². The van der Waals surface area contributed by atoms with Crippen molar-refractivity contribution in [3.63, 3.8) is 0 Å². The molecule has 0 radical (unpaired) electrons. The molecule has 25 heavy (non-hydrogen) atoms. The molecule has 0 saturated carbocycles. The van der Waals surface area contributed by atoms with Crippen LogP contribution in [0.1, 0.15) is 49.7 Å². The molecule has 1 N–H and O–H groups in total. The fraction of sp³-hybridized carbons (Fsp3) is 0.667. The van der Waals surface area contributed by atoms with E-state index in [9.17, 15) is 4.79 Å². The van der Waals surface area contributed by atoms with Gasteiger partial charge in [-0.3, -0.25) is 4.79 Å². The Morgan fingerprint density at radius 3 is 2.52 bits per heavy atom. The van der Waals surface area contributed by atoms with Gasteiger partial charge in [0.25, 0.3) is 0 Å². The Labute approximate surface area is 151 Å². The van der Waals surface area contributed by atoms with Gasteiger partial charge in [0.2, 0.25) is 5.91 Å². The molecule has 2 aliphatic rings. The van der Waals surface area contributed by atoms with Crippen LogP contribution in [-0.2, 0) is 4.79 Å². The fourth-order valence-corrected chi connectivity index (χ4v) is 3.86. The second-order valence-electron chi connectivity index (χ2n) is 7.68. The fourth-order valence-electron chi connectivity index (χ4n) is 3.86. The molecule has 0 atom stereocenters. The molecule has 0 aromatic heterocycles. The van der Waals surface area contributed by atoms with E-state index in [1.54, 1.807) is 0 Å². The highest BCUT2D eigenvalue weighted by Gasteiger charge is 2.24. The average Bonchev–Trinajstić information content (AvgIpc) is 2.64. The van der Waals surface area contributed by atoms with Crippen LogP contribution in [0.4, 0.5) is 0 Å². The van der Waals surface area contributed by atoms with Gasteiger partial charge in [0.1, 0.15) is 11.9 Å². The van der Waals surface area contributed by atoms with Crippen molar-refractivity contribution in [3.05, 3.63) is 29.3 Å². The average molecular weight is 344 g/mol. The van der Waals surface area contributed by atoms with Gasteiger partial charge in [0.05, 0.1) is 0 Å². The van der Waals surface area contributed by atoms with Gasteiger partial charge in [-0.2, -0.15) is 0 Å². The first-order valence-corrected chi connectivity index (χ1v) is 9.84. The minimum atomic E-state index is 0.232. The van der Waals surface area contributed by atoms with Gasteiger partial charge in [0.15, 0.2) is 0 Å². The number of likely N-dealkylation sites (tertiary alicyclic amines) is 1. The Hall–Kier alpha value is -1.55. The first-order chi connectivity index (χ1) is 12.1. The summed E-state index contributed by atoms with van der Waals surface area (Å²) in [6, 6.07) is 6.29. The maximum atomic E-state index is 12.5. The van der Waals surface area contributed by atoms with Crippen molar-refractivity contribution in [2.75, 3.05) is 26.2 Å². The number of carbonyl (C=O) groups is 1. The number of ether oxygens (including phenoxy) is 1. The highest BCUT2D eigenvalue weighted by Crippen LogP contribution is 2.23. The molecule has 4 nitrogen and oxygen atoms in total. The number of benzene rings is 1. The molecule has 2 aliphatic heterocycles. The molecular formula is C21H32N2O2. The maximum Gasteiger partial charge on any atom is 0.222 e. The first-order valence-electron chi connectivity index (χ1n) is 9.84. The zero-order chi connectivity index (χ0) is 17.6. The molecule has 0 spiro atoms. The highest BCUT2D eigenvalue weighted by atomic mass is 16.5. The predicted molar refractivity (Wildman–Crippen MR) is 101 cm³/mol. The monoisotopic (exact) mass is 344 g/mol. The summed E-state index contributed by atoms with van der Waals surface area (Å²) in [5.74, 6) is 2.03. The molecule has 1 amide bonds. The Morgan fingerprint density at radius 1 is 1.12 bits per heavy atom. The summed E-state index contributed by atoms with van der Waals surface area (Å²) in [5.41, 5.74) is 2.56. The number of piperidine rings is 2. The van der Waals surface area contributed by atoms with Crippen LogP contribution in [0.25, 0.3) is 0 Å². The molecule has 0 unspecified atom stereocenters. The molecular weight excluding hydrogens is 312 g/mol. The predicted octanol–water partition coefficient (Wildman–Crippen LogP) is 3.45. The lowest BCUT2D eigenvalue weighted by Crippen LogP contribution is -2.42. The van der Waals surface area contributed by atoms with Gasteiger partial charge in [-0.05, 0) is 75.4 Å². The standard InChI is InChI=1S/C21H32N2O2/c1-16-3-5-20(15-17(16)2)25-19-9-13-23(14-10-19)21(24)6-4-18-7-11-22-12-8-18/h3,5,15,18-19,22H,4,6-14H2,1-2H3. The first kappa shape index (κ1) is 18.2. The van der Waals surface area contributed by atoms with Crippen LogP contribution in [0, 0.1) is 19.8 Å². The number of carbonyl (C=O) groups excluding carboxylic acids is 1. The smallest absolute Gasteiger partial charge is 0.222 e. The van der Waals surface area contributed by atoms with E-state index in [-0.39, 0.29) is 6.10 Å². The minimum absolute atomic E-state index is 0.232. The maximum absolute atomic E-state index is 12.5. The molecule has 4 heteroatoms. The van der Waals surface area contributed by atoms with Crippen molar-refractivity contribution < 1.29 is 9.53 Å². The third-order valence-corrected chi connectivity index (χ3v) is 5.80. The van der Waals surface area contributed by atoms with Crippen molar-refractivity contribution in [1.82, 2.24) is 10.2 Å². The third kappa shape index (κ3) is 5.21. The summed E-state index contributed by atoms with van der Waals surface area (Å²) >= 11 is 0. The zero-order valence-corrected chi connectivity index (χ0v) is 15.7. The second kappa shape index (κ2) is 8.70. The quantitative estimate of drug-likeness (QED) is 0.889. The molecule has 0 bridgehead atoms. The van der Waals surface area contributed by atoms with Crippen molar-refractivity contribution in [3.8, 4) is 5.75 Å². The minimum Gasteiger partial charge on any atom is -0.490 e. The summed E-state index contributed by atoms with van der Waals surface area (Å²) in [7, 11) is 0. The molecule has 2 fully saturated rings. The van der Waals surface area contributed by atoms with Gasteiger partial charge in [-0.15, -0.1) is 0 Å². The normalized spacial score (nSPS) is 19.8. The van der Waals surface area contributed by atoms with E-state index in [4.69, 9.17) is 4.74 Å². The number of rotatable bonds is 5. The number of amides is 1. The van der Waals surface area contributed by atoms with E-state index >= 15 is 0 Å². The van der Waals surface area contributed by atoms with Gasteiger partial charge >= 0.3 is 0 Å². The molecule has 2 heterocycles. The Morgan fingerprint density at radius 2 is 1.84 bits per heavy atom. The zero-order valence-electron chi connectivity index (χ0n) is 15.7. The van der Waals surface area contributed by atoms with E-state index in [1.807, 2.05) is 4.90 Å². The number of nitrogens with one attached hydrogen (secondary N) is 1. The SMILES string of the molecule is Cc1ccc(OC2CCN(C(=O)CCC3CCNCC3)CC2)cc1C. The highest BCUT2D eigenvalue weighted by molar-refractivity contribution is 5.76. The van der Waals surface area contributed by atoms with E-state index in [0.717, 1.165) is 57.1 Å². The molecule has 3 rings (SSSR count). The Bertz CT molecular complexity index is 573. The lowest BCUT2D eigenvalue weighted by Gasteiger charge is -2.33. The van der Waals surface area contributed by atoms with Crippen LogP contribution in [-0.4, -0.2) is 43.1 Å². The van der Waals surface area contributed by atoms with Gasteiger partial charge < -0.3 is 15.0 Å². The van der Waals surface area contributed by atoms with Crippen molar-refractivity contribution in [2.24, 2.45) is 5.92 Å². The molecule has 1 aromatic rings. The summed E-state index contributed by atoms with van der Waals surface area (Å²) < 4.78 is 6.13. The number of nitrogens with zero attached hydrogens (tertiary/aromatic N) is 1. The largest absolute Gasteiger partial charge is 0.490 e. The van der Waals surface area contributed by atoms with Crippen LogP contribution in [0.2, 0.25) is 0 Å². The van der Waals surface area contributed by atoms with Gasteiger partial charge in [0, 0.05) is 32.4 Å². The van der Waals surface area contributed by atoms with E-state index in [1.165, 1.54) is 24.0 Å². The van der Waals surface area contributed by atoms with Gasteiger partial charge in [-0.1, -0.05) is 6.07 Å². The lowest BCUT2D eigenvalue weighted by molar-refractivity contribution is -0.133. The molecule has 2 saturated heterocycles. The third-order valence-electron chi connectivity index (χ3n) is 5.80. The van der Waals surface area contributed by atoms with Crippen LogP contribution in [0.5, 0.6) is 5.75 Å². The summed E-state index contributed by atoms with van der Waals surface area (Å²) in [6.45, 7) is 8.13. The van der Waals surface area contributed by atoms with Crippen LogP contribution in [0.3, 0.4) is 0 Å². The second-order valence-corrected chi connectivity index (χ2v) is 7.68. The van der Waals surface area contributed by atoms with E-state index < -0.39 is 0 Å². The summed E-state index contributed by atoms with van der Waals surface area (Å²) in [5, 5.41) is 3.39. The Balaban J connectivity index is 1.40. The van der Waals surface area contributed by atoms with Crippen molar-refractivity contribution in [2.45, 2.75) is 58.5 Å². The van der Waals surface area contributed by atoms with Crippen molar-refractivity contribution in [1.29, 1.82) is 0 Å². The summed E-state index contributed by atoms with van der Waals surface area (Å²) in [6.07, 6.45) is 6.32. The van der Waals surface area contributed by atoms with E-state index in [2.05, 4.69) is 37.4 Å². The number of aryl methyl sites for hydroxylation is 2. The molecule has 1 aromatic carbocycles. The lowest BCUT2D eigenvalue weighted by atomic mass is 9.93. The number of hydrogen-bond donors (Lipinski definition) is 1.